The molecule has 0 radical (unpaired) electrons. The van der Waals surface area contributed by atoms with E-state index in [0.717, 1.165) is 18.4 Å². The van der Waals surface area contributed by atoms with E-state index in [9.17, 15) is 4.79 Å². The van der Waals surface area contributed by atoms with Crippen LogP contribution in [0.4, 0.5) is 0 Å². The molecule has 0 spiro atoms. The van der Waals surface area contributed by atoms with Crippen molar-refractivity contribution in [1.82, 2.24) is 0 Å². The van der Waals surface area contributed by atoms with Gasteiger partial charge in [-0.05, 0) is 12.5 Å². The van der Waals surface area contributed by atoms with E-state index in [-0.39, 0.29) is 5.92 Å². The molecule has 1 aliphatic carbocycles. The lowest BCUT2D eigenvalue weighted by atomic mass is 9.80. The minimum absolute atomic E-state index is 0.152. The number of carbonyl (C=O) groups excluding carboxylic acids is 1. The van der Waals surface area contributed by atoms with E-state index in [1.807, 2.05) is 6.07 Å². The summed E-state index contributed by atoms with van der Waals surface area (Å²) in [6.45, 7) is 0. The molecule has 52 valence electrons. The molecule has 0 aliphatic heterocycles. The van der Waals surface area contributed by atoms with Gasteiger partial charge in [0.2, 0.25) is 0 Å². The van der Waals surface area contributed by atoms with E-state index < -0.39 is 0 Å². The molecular weight excluding hydrogens is 128 g/mol. The van der Waals surface area contributed by atoms with Gasteiger partial charge in [0.15, 0.2) is 0 Å². The third-order valence-corrected chi connectivity index (χ3v) is 2.01. The Bertz CT molecular complexity index is 236. The normalized spacial score (nSPS) is 24.4. The zero-order valence-corrected chi connectivity index (χ0v) is 5.54. The molecule has 0 aromatic carbocycles. The maximum atomic E-state index is 10.9. The van der Waals surface area contributed by atoms with Gasteiger partial charge >= 0.3 is 0 Å². The van der Waals surface area contributed by atoms with Crippen LogP contribution in [-0.4, -0.2) is 5.78 Å². The van der Waals surface area contributed by atoms with Crippen molar-refractivity contribution in [3.8, 4) is 0 Å². The van der Waals surface area contributed by atoms with Crippen molar-refractivity contribution < 1.29 is 9.21 Å². The Labute approximate surface area is 58.8 Å². The smallest absolute Gasteiger partial charge is 0.140 e. The fourth-order valence-electron chi connectivity index (χ4n) is 1.23. The Balaban J connectivity index is 2.21. The largest absolute Gasteiger partial charge is 0.472 e. The highest BCUT2D eigenvalue weighted by atomic mass is 16.3. The monoisotopic (exact) mass is 136 g/mol. The van der Waals surface area contributed by atoms with E-state index in [4.69, 9.17) is 4.42 Å². The van der Waals surface area contributed by atoms with E-state index in [1.54, 1.807) is 12.5 Å². The van der Waals surface area contributed by atoms with E-state index in [2.05, 4.69) is 0 Å². The quantitative estimate of drug-likeness (QED) is 0.588. The highest BCUT2D eigenvalue weighted by Gasteiger charge is 2.29. The van der Waals surface area contributed by atoms with Crippen LogP contribution in [0.5, 0.6) is 0 Å². The van der Waals surface area contributed by atoms with Crippen molar-refractivity contribution in [3.63, 3.8) is 0 Å². The topological polar surface area (TPSA) is 30.2 Å². The average molecular weight is 136 g/mol. The number of furan rings is 1. The van der Waals surface area contributed by atoms with Crippen LogP contribution in [0.25, 0.3) is 0 Å². The molecule has 2 heteroatoms. The molecule has 2 nitrogen and oxygen atoms in total. The highest BCUT2D eigenvalue weighted by Crippen LogP contribution is 2.32. The molecule has 0 amide bonds. The third kappa shape index (κ3) is 0.685. The Kier molecular flexibility index (Phi) is 1.13. The summed E-state index contributed by atoms with van der Waals surface area (Å²) in [5.41, 5.74) is 1.04. The van der Waals surface area contributed by atoms with Gasteiger partial charge in [-0.2, -0.15) is 0 Å². The molecule has 0 N–H and O–H groups in total. The first-order chi connectivity index (χ1) is 4.88. The summed E-state index contributed by atoms with van der Waals surface area (Å²) in [6.07, 6.45) is 5.01. The summed E-state index contributed by atoms with van der Waals surface area (Å²) >= 11 is 0. The number of hydrogen-bond acceptors (Lipinski definition) is 2. The van der Waals surface area contributed by atoms with Gasteiger partial charge in [-0.15, -0.1) is 0 Å². The van der Waals surface area contributed by atoms with Crippen LogP contribution in [-0.2, 0) is 4.79 Å². The molecule has 1 aromatic heterocycles. The van der Waals surface area contributed by atoms with E-state index >= 15 is 0 Å². The lowest BCUT2D eigenvalue weighted by Crippen LogP contribution is -2.22. The highest BCUT2D eigenvalue weighted by molar-refractivity contribution is 5.91. The first-order valence-corrected chi connectivity index (χ1v) is 3.43. The van der Waals surface area contributed by atoms with Crippen molar-refractivity contribution in [2.75, 3.05) is 0 Å². The fourth-order valence-corrected chi connectivity index (χ4v) is 1.23. The number of ketones is 1. The van der Waals surface area contributed by atoms with Crippen LogP contribution in [0.3, 0.4) is 0 Å². The predicted molar refractivity (Wildman–Crippen MR) is 35.7 cm³/mol. The molecule has 1 unspecified atom stereocenters. The number of rotatable bonds is 1. The Hall–Kier alpha value is -1.05. The Morgan fingerprint density at radius 3 is 2.90 bits per heavy atom. The molecule has 0 saturated heterocycles. The van der Waals surface area contributed by atoms with Gasteiger partial charge < -0.3 is 4.42 Å². The van der Waals surface area contributed by atoms with Gasteiger partial charge in [-0.25, -0.2) is 0 Å². The van der Waals surface area contributed by atoms with Gasteiger partial charge in [-0.1, -0.05) is 0 Å². The second-order valence-corrected chi connectivity index (χ2v) is 2.61. The minimum Gasteiger partial charge on any atom is -0.472 e. The van der Waals surface area contributed by atoms with Gasteiger partial charge in [0, 0.05) is 17.9 Å². The number of Topliss-reactive ketones (excluding diaryl/α,β-unsaturated/α-hetero) is 1. The summed E-state index contributed by atoms with van der Waals surface area (Å²) in [5.74, 6) is 0.500. The lowest BCUT2D eigenvalue weighted by molar-refractivity contribution is -0.125. The molecular formula is C8H8O2. The number of hydrogen-bond donors (Lipinski definition) is 0. The van der Waals surface area contributed by atoms with E-state index in [1.165, 1.54) is 0 Å². The summed E-state index contributed by atoms with van der Waals surface area (Å²) < 4.78 is 4.87. The minimum atomic E-state index is 0.152. The van der Waals surface area contributed by atoms with Crippen molar-refractivity contribution in [1.29, 1.82) is 0 Å². The van der Waals surface area contributed by atoms with Crippen LogP contribution < -0.4 is 0 Å². The summed E-state index contributed by atoms with van der Waals surface area (Å²) in [6, 6.07) is 1.86. The molecule has 1 atom stereocenters. The first kappa shape index (κ1) is 5.71. The zero-order valence-electron chi connectivity index (χ0n) is 5.54. The van der Waals surface area contributed by atoms with Crippen LogP contribution in [0, 0.1) is 0 Å². The standard InChI is InChI=1S/C8H8O2/c9-8-2-1-7(8)6-3-4-10-5-6/h3-5,7H,1-2H2. The van der Waals surface area contributed by atoms with Crippen molar-refractivity contribution in [3.05, 3.63) is 24.2 Å². The first-order valence-electron chi connectivity index (χ1n) is 3.43. The zero-order chi connectivity index (χ0) is 6.97. The van der Waals surface area contributed by atoms with Gasteiger partial charge in [0.05, 0.1) is 12.5 Å². The second-order valence-electron chi connectivity index (χ2n) is 2.61. The predicted octanol–water partition coefficient (Wildman–Crippen LogP) is 1.73. The SMILES string of the molecule is O=C1CCC1c1ccoc1. The maximum Gasteiger partial charge on any atom is 0.140 e. The van der Waals surface area contributed by atoms with Crippen LogP contribution >= 0.6 is 0 Å². The fraction of sp³-hybridized carbons (Fsp3) is 0.375. The number of carbonyl (C=O) groups is 1. The van der Waals surface area contributed by atoms with Crippen LogP contribution in [0.15, 0.2) is 23.0 Å². The average Bonchev–Trinajstić information content (AvgIpc) is 2.37. The third-order valence-electron chi connectivity index (χ3n) is 2.01. The molecule has 1 fully saturated rings. The molecule has 1 heterocycles. The molecule has 2 rings (SSSR count). The summed E-state index contributed by atoms with van der Waals surface area (Å²) in [4.78, 5) is 10.9. The molecule has 1 aromatic rings. The van der Waals surface area contributed by atoms with Crippen molar-refractivity contribution >= 4 is 5.78 Å². The molecule has 0 bridgehead atoms. The Morgan fingerprint density at radius 1 is 1.60 bits per heavy atom. The second kappa shape index (κ2) is 1.97. The van der Waals surface area contributed by atoms with Crippen molar-refractivity contribution in [2.45, 2.75) is 18.8 Å². The Morgan fingerprint density at radius 2 is 2.50 bits per heavy atom. The molecule has 1 aliphatic rings. The van der Waals surface area contributed by atoms with Gasteiger partial charge in [0.25, 0.3) is 0 Å². The van der Waals surface area contributed by atoms with E-state index in [0.29, 0.717) is 5.78 Å². The summed E-state index contributed by atoms with van der Waals surface area (Å²) in [5, 5.41) is 0. The van der Waals surface area contributed by atoms with Crippen LogP contribution in [0.1, 0.15) is 24.3 Å². The van der Waals surface area contributed by atoms with Gasteiger partial charge in [0.1, 0.15) is 5.78 Å². The molecule has 10 heavy (non-hydrogen) atoms. The maximum absolute atomic E-state index is 10.9. The lowest BCUT2D eigenvalue weighted by Gasteiger charge is -2.21. The van der Waals surface area contributed by atoms with Crippen LogP contribution in [0.2, 0.25) is 0 Å². The van der Waals surface area contributed by atoms with Gasteiger partial charge in [-0.3, -0.25) is 4.79 Å². The summed E-state index contributed by atoms with van der Waals surface area (Å²) in [7, 11) is 0. The molecule has 1 saturated carbocycles. The van der Waals surface area contributed by atoms with Crippen molar-refractivity contribution in [2.24, 2.45) is 0 Å².